The Balaban J connectivity index is 0.000000339. The Hall–Kier alpha value is -10.0. The predicted octanol–water partition coefficient (Wildman–Crippen LogP) is 17.5. The second-order valence-electron chi connectivity index (χ2n) is 30.0. The average molecular weight is 1610 g/mol. The van der Waals surface area contributed by atoms with E-state index < -0.39 is 57.7 Å². The van der Waals surface area contributed by atoms with Crippen molar-refractivity contribution in [2.24, 2.45) is 11.7 Å². The van der Waals surface area contributed by atoms with Crippen molar-refractivity contribution >= 4 is 46.3 Å². The molecule has 3 amide bonds. The van der Waals surface area contributed by atoms with Crippen LogP contribution >= 0.6 is 0 Å². The lowest BCUT2D eigenvalue weighted by Gasteiger charge is -2.26. The van der Waals surface area contributed by atoms with Crippen molar-refractivity contribution in [3.05, 3.63) is 227 Å². The van der Waals surface area contributed by atoms with Crippen LogP contribution in [-0.2, 0) is 91.5 Å². The van der Waals surface area contributed by atoms with E-state index in [1.54, 1.807) is 19.1 Å². The number of carbonyl (C=O) groups excluding carboxylic acids is 5. The predicted molar refractivity (Wildman–Crippen MR) is 449 cm³/mol. The number of carboxylic acids is 1. The lowest BCUT2D eigenvalue weighted by molar-refractivity contribution is -0.158. The molecular formula is C91H127N5O18S. The second kappa shape index (κ2) is 53.9. The monoisotopic (exact) mass is 1610 g/mol. The molecule has 0 saturated carbocycles. The van der Waals surface area contributed by atoms with Gasteiger partial charge in [0.1, 0.15) is 79.2 Å². The van der Waals surface area contributed by atoms with Crippen molar-refractivity contribution in [2.75, 3.05) is 32.8 Å². The zero-order valence-corrected chi connectivity index (χ0v) is 70.6. The summed E-state index contributed by atoms with van der Waals surface area (Å²) in [5.41, 5.74) is 11.5. The van der Waals surface area contributed by atoms with Crippen LogP contribution in [0.3, 0.4) is 0 Å². The van der Waals surface area contributed by atoms with E-state index in [4.69, 9.17) is 47.8 Å². The normalized spacial score (nSPS) is 12.7. The van der Waals surface area contributed by atoms with Crippen LogP contribution < -0.4 is 41.2 Å². The fraction of sp³-hybridized carbons (Fsp3) is 0.473. The number of carboxylic acid groups (broad SMARTS) is 1. The third kappa shape index (κ3) is 43.3. The maximum atomic E-state index is 12.5. The maximum Gasteiger partial charge on any atom is 0.407 e. The van der Waals surface area contributed by atoms with Crippen LogP contribution in [0, 0.1) is 12.8 Å². The average Bonchev–Trinajstić information content (AvgIpc) is 0.845. The third-order valence-corrected chi connectivity index (χ3v) is 18.4. The lowest BCUT2D eigenvalue weighted by atomic mass is 9.96. The molecule has 0 unspecified atom stereocenters. The highest BCUT2D eigenvalue weighted by molar-refractivity contribution is 7.86. The van der Waals surface area contributed by atoms with Crippen molar-refractivity contribution in [3.63, 3.8) is 0 Å². The summed E-state index contributed by atoms with van der Waals surface area (Å²) in [6.45, 7) is 27.4. The quantitative estimate of drug-likeness (QED) is 0.00895. The fourth-order valence-corrected chi connectivity index (χ4v) is 12.2. The molecule has 7 aromatic rings. The number of nitrogens with two attached hydrogens (primary N) is 1. The number of amides is 3. The number of ether oxygens (including phenoxy) is 8. The highest BCUT2D eigenvalue weighted by Gasteiger charge is 2.27. The van der Waals surface area contributed by atoms with E-state index in [2.05, 4.69) is 21.3 Å². The van der Waals surface area contributed by atoms with Crippen LogP contribution in [0.5, 0.6) is 17.2 Å². The van der Waals surface area contributed by atoms with E-state index in [9.17, 15) is 42.3 Å². The number of aliphatic carboxylic acids is 1. The molecule has 630 valence electrons. The molecular weight excluding hydrogens is 1480 g/mol. The minimum absolute atomic E-state index is 0.0686. The molecule has 0 spiro atoms. The van der Waals surface area contributed by atoms with Crippen molar-refractivity contribution in [1.82, 2.24) is 21.3 Å². The summed E-state index contributed by atoms with van der Waals surface area (Å²) in [4.78, 5) is 70.9. The first-order chi connectivity index (χ1) is 54.9. The molecule has 7 aromatic carbocycles. The largest absolute Gasteiger partial charge is 0.490 e. The van der Waals surface area contributed by atoms with Gasteiger partial charge < -0.3 is 70.0 Å². The molecule has 0 aliphatic rings. The van der Waals surface area contributed by atoms with Crippen LogP contribution in [0.1, 0.15) is 193 Å². The molecule has 0 heterocycles. The molecule has 0 bridgehead atoms. The highest BCUT2D eigenvalue weighted by atomic mass is 32.2. The Bertz CT molecular complexity index is 4030. The van der Waals surface area contributed by atoms with E-state index >= 15 is 0 Å². The van der Waals surface area contributed by atoms with Crippen molar-refractivity contribution in [3.8, 4) is 17.2 Å². The molecule has 7 rings (SSSR count). The number of hydrogen-bond donors (Lipinski definition) is 6. The minimum Gasteiger partial charge on any atom is -0.490 e. The minimum atomic E-state index is -3.85. The van der Waals surface area contributed by atoms with E-state index in [1.807, 2.05) is 247 Å². The number of rotatable bonds is 43. The van der Waals surface area contributed by atoms with Gasteiger partial charge in [-0.25, -0.2) is 14.4 Å². The van der Waals surface area contributed by atoms with Gasteiger partial charge in [-0.15, -0.1) is 0 Å². The summed E-state index contributed by atoms with van der Waals surface area (Å²) >= 11 is 0. The molecule has 115 heavy (non-hydrogen) atoms. The van der Waals surface area contributed by atoms with Crippen LogP contribution in [0.15, 0.2) is 193 Å². The van der Waals surface area contributed by atoms with Gasteiger partial charge in [0.15, 0.2) is 0 Å². The first-order valence-electron chi connectivity index (χ1n) is 40.1. The molecule has 0 radical (unpaired) electrons. The zero-order valence-electron chi connectivity index (χ0n) is 69.8. The van der Waals surface area contributed by atoms with Crippen molar-refractivity contribution in [1.29, 1.82) is 0 Å². The van der Waals surface area contributed by atoms with E-state index in [-0.39, 0.29) is 67.4 Å². The highest BCUT2D eigenvalue weighted by Crippen LogP contribution is 2.26. The Morgan fingerprint density at radius 1 is 0.443 bits per heavy atom. The lowest BCUT2D eigenvalue weighted by Crippen LogP contribution is -2.44. The van der Waals surface area contributed by atoms with Gasteiger partial charge in [-0.05, 0) is 204 Å². The first kappa shape index (κ1) is 97.4. The molecule has 0 aromatic heterocycles. The number of benzene rings is 7. The molecule has 0 fully saturated rings. The molecule has 23 nitrogen and oxygen atoms in total. The Morgan fingerprint density at radius 2 is 0.809 bits per heavy atom. The van der Waals surface area contributed by atoms with Gasteiger partial charge in [0, 0.05) is 26.2 Å². The number of carbonyl (C=O) groups is 6. The first-order valence-corrected chi connectivity index (χ1v) is 41.5. The SMILES string of the molecule is CCC[C@H](CC[C@@H](C)Oc1ccccc1CCCNC(=O)OCc1ccccc1)C(=O)O.CCC[C@H](N)C(=O)OC(C)(C)C.CCC[C@H](NC[C@@H](C)Oc1ccccc1CCCNC(=O)OCc1ccccc1)C(=O)OC(C)(C)C.Cc1ccc(S(=O)(=O)OC[C@@H](C)Oc2ccccc2CCCNC(=O)OCc2ccccc2)cc1. The van der Waals surface area contributed by atoms with Crippen LogP contribution in [0.2, 0.25) is 0 Å². The van der Waals surface area contributed by atoms with E-state index in [0.717, 1.165) is 95.4 Å². The molecule has 0 aliphatic carbocycles. The molecule has 0 saturated heterocycles. The van der Waals surface area contributed by atoms with Gasteiger partial charge in [0.25, 0.3) is 10.1 Å². The maximum absolute atomic E-state index is 12.5. The van der Waals surface area contributed by atoms with Crippen LogP contribution in [0.25, 0.3) is 0 Å². The van der Waals surface area contributed by atoms with Gasteiger partial charge in [-0.1, -0.05) is 203 Å². The summed E-state index contributed by atoms with van der Waals surface area (Å²) in [6.07, 6.45) is 8.43. The number of aryl methyl sites for hydroxylation is 4. The summed E-state index contributed by atoms with van der Waals surface area (Å²) < 4.78 is 74.6. The summed E-state index contributed by atoms with van der Waals surface area (Å²) in [5, 5.41) is 21.0. The standard InChI is InChI=1S/C29H42N2O5.C27H31NO6S.C26H35NO5.C9H19NO2/c1-6-13-25(27(32)36-29(3,4)5)31-20-22(2)35-26-18-11-10-16-24(26)17-12-19-30-28(33)34-21-23-14-8-7-9-15-23;1-21-14-16-25(17-15-21)35(30,31)33-19-22(2)34-26-13-7-6-11-24(26)12-8-18-28-27(29)32-20-23-9-4-3-5-10-23;1-3-10-23(25(28)29)17-16-20(2)32-24-15-8-7-13-22(24)14-9-18-27-26(30)31-19-21-11-5-4-6-12-21;1-5-6-7(10)8(11)12-9(2,3)4/h7-11,14-16,18,22,25,31H,6,12-13,17,19-21H2,1-5H3,(H,30,33);3-7,9-11,13-17,22H,8,12,18-20H2,1-2H3,(H,28,29);4-8,11-13,15,20,23H,3,9-10,14,16-19H2,1-2H3,(H,27,30)(H,28,29);7H,5-6,10H2,1-4H3/t22-,25+;22-;20-,23-;7-/m1110/s1. The van der Waals surface area contributed by atoms with Gasteiger partial charge in [0.2, 0.25) is 0 Å². The van der Waals surface area contributed by atoms with Gasteiger partial charge in [0.05, 0.1) is 16.9 Å². The molecule has 24 heteroatoms. The smallest absolute Gasteiger partial charge is 0.407 e. The molecule has 0 aliphatic heterocycles. The van der Waals surface area contributed by atoms with Crippen LogP contribution in [-0.4, -0.2) is 124 Å². The number of nitrogens with one attached hydrogen (secondary N) is 4. The van der Waals surface area contributed by atoms with Crippen molar-refractivity contribution < 1.29 is 84.4 Å². The Morgan fingerprint density at radius 3 is 1.19 bits per heavy atom. The number of para-hydroxylation sites is 3. The second-order valence-corrected chi connectivity index (χ2v) is 31.7. The number of esters is 2. The topological polar surface area (TPSA) is 314 Å². The van der Waals surface area contributed by atoms with Crippen molar-refractivity contribution in [2.45, 2.75) is 246 Å². The summed E-state index contributed by atoms with van der Waals surface area (Å²) in [5.74, 6) is 0.708. The summed E-state index contributed by atoms with van der Waals surface area (Å²) in [6, 6.07) is 57.6. The number of hydrogen-bond acceptors (Lipinski definition) is 19. The third-order valence-electron chi connectivity index (χ3n) is 17.1. The number of alkyl carbamates (subject to hydrolysis) is 3. The van der Waals surface area contributed by atoms with Gasteiger partial charge in [-0.3, -0.25) is 18.6 Å². The van der Waals surface area contributed by atoms with Gasteiger partial charge >= 0.3 is 36.2 Å². The van der Waals surface area contributed by atoms with E-state index in [0.29, 0.717) is 76.9 Å². The Kier molecular flexibility index (Phi) is 45.7. The summed E-state index contributed by atoms with van der Waals surface area (Å²) in [7, 11) is -3.85. The Labute approximate surface area is 683 Å². The molecule has 6 atom stereocenters. The van der Waals surface area contributed by atoms with E-state index in [1.165, 1.54) is 12.1 Å². The van der Waals surface area contributed by atoms with Crippen LogP contribution in [0.4, 0.5) is 14.4 Å². The molecule has 7 N–H and O–H groups in total. The zero-order chi connectivity index (χ0) is 84.4. The fourth-order valence-electron chi connectivity index (χ4n) is 11.2. The van der Waals surface area contributed by atoms with Gasteiger partial charge in [-0.2, -0.15) is 8.42 Å².